The molecule has 2 heterocycles. The van der Waals surface area contributed by atoms with Crippen LogP contribution in [0.15, 0.2) is 72.8 Å². The van der Waals surface area contributed by atoms with E-state index in [-0.39, 0.29) is 19.1 Å². The summed E-state index contributed by atoms with van der Waals surface area (Å²) in [6.45, 7) is 2.43. The second-order valence-electron chi connectivity index (χ2n) is 11.3. The first-order valence-electron chi connectivity index (χ1n) is 15.6. The minimum atomic E-state index is -0.416. The molecule has 1 unspecified atom stereocenters. The normalized spacial score (nSPS) is 16.3. The number of benzene rings is 4. The first-order chi connectivity index (χ1) is 23.8. The van der Waals surface area contributed by atoms with Crippen molar-refractivity contribution < 1.29 is 42.8 Å². The third-order valence-corrected chi connectivity index (χ3v) is 8.22. The lowest BCUT2D eigenvalue weighted by atomic mass is 10.0. The molecule has 0 spiro atoms. The van der Waals surface area contributed by atoms with E-state index in [0.717, 1.165) is 33.6 Å². The molecule has 0 bridgehead atoms. The van der Waals surface area contributed by atoms with Crippen molar-refractivity contribution in [1.82, 2.24) is 10.8 Å². The van der Waals surface area contributed by atoms with Crippen molar-refractivity contribution in [1.29, 1.82) is 0 Å². The molecule has 4 aromatic carbocycles. The largest absolute Gasteiger partial charge is 0.493 e. The van der Waals surface area contributed by atoms with Crippen molar-refractivity contribution in [3.05, 3.63) is 101 Å². The molecule has 49 heavy (non-hydrogen) atoms. The highest BCUT2D eigenvalue weighted by atomic mass is 16.7. The second kappa shape index (κ2) is 14.6. The number of hydrogen-bond donors (Lipinski definition) is 3. The zero-order valence-corrected chi connectivity index (χ0v) is 28.2. The molecule has 1 amide bonds. The van der Waals surface area contributed by atoms with E-state index in [9.17, 15) is 4.79 Å². The van der Waals surface area contributed by atoms with Gasteiger partial charge in [-0.05, 0) is 78.7 Å². The zero-order chi connectivity index (χ0) is 34.5. The highest BCUT2D eigenvalue weighted by Gasteiger charge is 2.26. The molecule has 0 saturated carbocycles. The number of hydrogen-bond acceptors (Lipinski definition) is 11. The van der Waals surface area contributed by atoms with E-state index in [1.54, 1.807) is 35.5 Å². The molecule has 3 N–H and O–H groups in total. The maximum absolute atomic E-state index is 12.8. The van der Waals surface area contributed by atoms with Crippen LogP contribution in [0, 0.1) is 6.92 Å². The van der Waals surface area contributed by atoms with Crippen molar-refractivity contribution in [2.45, 2.75) is 19.2 Å². The number of nitrogens with one attached hydrogen (secondary N) is 3. The summed E-state index contributed by atoms with van der Waals surface area (Å²) in [6, 6.07) is 20.6. The number of fused-ring (bicyclic) bond motifs is 1. The summed E-state index contributed by atoms with van der Waals surface area (Å²) in [5.41, 5.74) is 8.68. The van der Waals surface area contributed by atoms with Crippen LogP contribution in [0.25, 0.3) is 5.70 Å². The maximum atomic E-state index is 12.8. The average Bonchev–Trinajstić information content (AvgIpc) is 3.63. The maximum Gasteiger partial charge on any atom is 0.255 e. The molecule has 2 aliphatic rings. The Hall–Kier alpha value is -5.75. The number of methoxy groups -OCH3 is 5. The van der Waals surface area contributed by atoms with Gasteiger partial charge in [0, 0.05) is 11.3 Å². The van der Waals surface area contributed by atoms with Crippen molar-refractivity contribution in [3.8, 4) is 40.2 Å². The minimum absolute atomic E-state index is 0.135. The molecule has 0 saturated heterocycles. The van der Waals surface area contributed by atoms with E-state index in [2.05, 4.69) is 16.1 Å². The summed E-state index contributed by atoms with van der Waals surface area (Å²) >= 11 is 0. The van der Waals surface area contributed by atoms with E-state index >= 15 is 0 Å². The van der Waals surface area contributed by atoms with E-state index in [0.29, 0.717) is 45.8 Å². The molecule has 0 radical (unpaired) electrons. The Bertz CT molecular complexity index is 1850. The van der Waals surface area contributed by atoms with Crippen LogP contribution in [0.1, 0.15) is 44.9 Å². The Balaban J connectivity index is 1.10. The number of amides is 1. The molecule has 6 rings (SSSR count). The van der Waals surface area contributed by atoms with Gasteiger partial charge in [0.1, 0.15) is 25.5 Å². The highest BCUT2D eigenvalue weighted by molar-refractivity contribution is 6.01. The molecular formula is C37H39N3O9. The molecule has 2 aliphatic heterocycles. The molecule has 256 valence electrons. The number of hydroxylamine groups is 1. The summed E-state index contributed by atoms with van der Waals surface area (Å²) in [5.74, 6) is 3.64. The number of rotatable bonds is 13. The third-order valence-electron chi connectivity index (χ3n) is 8.22. The van der Waals surface area contributed by atoms with Gasteiger partial charge in [-0.1, -0.05) is 17.7 Å². The summed E-state index contributed by atoms with van der Waals surface area (Å²) < 4.78 is 39.8. The Morgan fingerprint density at radius 1 is 0.653 bits per heavy atom. The fraction of sp³-hybridized carbons (Fsp3) is 0.270. The SMILES string of the molecule is COc1cc(C2NC(=O)c3cc(C)ccc3N2)ccc1OCCOc1cc(C2=C[C@H](c3cc(OC)c(OC)c(OC)c3)ON2)ccc1OC. The summed E-state index contributed by atoms with van der Waals surface area (Å²) in [7, 11) is 7.87. The first-order valence-corrected chi connectivity index (χ1v) is 15.6. The van der Waals surface area contributed by atoms with Crippen LogP contribution in [0.3, 0.4) is 0 Å². The predicted octanol–water partition coefficient (Wildman–Crippen LogP) is 5.97. The topological polar surface area (TPSA) is 127 Å². The van der Waals surface area contributed by atoms with Crippen LogP contribution >= 0.6 is 0 Å². The fourth-order valence-corrected chi connectivity index (χ4v) is 5.71. The number of carbonyl (C=O) groups is 1. The lowest BCUT2D eigenvalue weighted by molar-refractivity contribution is 0.0508. The highest BCUT2D eigenvalue weighted by Crippen LogP contribution is 2.42. The first kappa shape index (κ1) is 33.2. The quantitative estimate of drug-likeness (QED) is 0.146. The van der Waals surface area contributed by atoms with Crippen LogP contribution in [0.4, 0.5) is 5.69 Å². The van der Waals surface area contributed by atoms with Crippen LogP contribution in [-0.2, 0) is 4.84 Å². The van der Waals surface area contributed by atoms with Crippen molar-refractivity contribution in [2.24, 2.45) is 0 Å². The molecular weight excluding hydrogens is 630 g/mol. The van der Waals surface area contributed by atoms with Crippen LogP contribution < -0.4 is 49.3 Å². The minimum Gasteiger partial charge on any atom is -0.493 e. The lowest BCUT2D eigenvalue weighted by Crippen LogP contribution is -2.38. The fourth-order valence-electron chi connectivity index (χ4n) is 5.71. The molecule has 0 aromatic heterocycles. The van der Waals surface area contributed by atoms with Gasteiger partial charge in [-0.15, -0.1) is 0 Å². The van der Waals surface area contributed by atoms with Gasteiger partial charge in [-0.25, -0.2) is 0 Å². The van der Waals surface area contributed by atoms with Gasteiger partial charge in [0.2, 0.25) is 5.75 Å². The Morgan fingerprint density at radius 3 is 2.02 bits per heavy atom. The molecule has 12 heteroatoms. The van der Waals surface area contributed by atoms with E-state index in [1.807, 2.05) is 79.7 Å². The number of carbonyl (C=O) groups excluding carboxylic acids is 1. The van der Waals surface area contributed by atoms with Crippen molar-refractivity contribution in [2.75, 3.05) is 54.1 Å². The van der Waals surface area contributed by atoms with Gasteiger partial charge in [0.05, 0.1) is 46.8 Å². The van der Waals surface area contributed by atoms with Crippen molar-refractivity contribution >= 4 is 17.3 Å². The molecule has 0 aliphatic carbocycles. The van der Waals surface area contributed by atoms with Gasteiger partial charge < -0.3 is 43.8 Å². The Labute approximate surface area is 284 Å². The Kier molecular flexibility index (Phi) is 9.86. The van der Waals surface area contributed by atoms with Gasteiger partial charge in [-0.3, -0.25) is 15.1 Å². The number of anilines is 1. The van der Waals surface area contributed by atoms with E-state index < -0.39 is 12.3 Å². The second-order valence-corrected chi connectivity index (χ2v) is 11.3. The summed E-state index contributed by atoms with van der Waals surface area (Å²) in [5, 5.41) is 6.39. The summed E-state index contributed by atoms with van der Waals surface area (Å²) in [4.78, 5) is 18.7. The van der Waals surface area contributed by atoms with Gasteiger partial charge in [-0.2, -0.15) is 0 Å². The average molecular weight is 670 g/mol. The van der Waals surface area contributed by atoms with Crippen LogP contribution in [-0.4, -0.2) is 54.7 Å². The zero-order valence-electron chi connectivity index (χ0n) is 28.2. The lowest BCUT2D eigenvalue weighted by Gasteiger charge is -2.28. The van der Waals surface area contributed by atoms with E-state index in [4.69, 9.17) is 38.0 Å². The van der Waals surface area contributed by atoms with Gasteiger partial charge >= 0.3 is 0 Å². The van der Waals surface area contributed by atoms with Crippen LogP contribution in [0.2, 0.25) is 0 Å². The standard InChI is InChI=1S/C37H39N3O9/c1-21-7-10-26-25(15-21)37(41)39-36(38-26)23-9-12-29(31(17-23)43-3)47-13-14-48-32-16-22(8-11-28(32)42-2)27-20-30(49-40-27)24-18-33(44-4)35(46-6)34(19-24)45-5/h7-12,15-20,30,36,38,40H,13-14H2,1-6H3,(H,39,41)/t30-,36?/m1/s1. The molecule has 12 nitrogen and oxygen atoms in total. The third kappa shape index (κ3) is 6.95. The summed E-state index contributed by atoms with van der Waals surface area (Å²) in [6.07, 6.45) is 1.13. The monoisotopic (exact) mass is 669 g/mol. The number of ether oxygens (including phenoxy) is 7. The van der Waals surface area contributed by atoms with Crippen molar-refractivity contribution in [3.63, 3.8) is 0 Å². The molecule has 4 aromatic rings. The van der Waals surface area contributed by atoms with Crippen LogP contribution in [0.5, 0.6) is 40.2 Å². The van der Waals surface area contributed by atoms with E-state index in [1.165, 1.54) is 0 Å². The Morgan fingerprint density at radius 2 is 1.33 bits per heavy atom. The van der Waals surface area contributed by atoms with Gasteiger partial charge in [0.15, 0.2) is 34.5 Å². The molecule has 0 fully saturated rings. The molecule has 2 atom stereocenters. The smallest absolute Gasteiger partial charge is 0.255 e. The number of aryl methyl sites for hydroxylation is 1. The van der Waals surface area contributed by atoms with Gasteiger partial charge in [0.25, 0.3) is 5.91 Å². The predicted molar refractivity (Wildman–Crippen MR) is 183 cm³/mol.